The topological polar surface area (TPSA) is 45.5 Å². The van der Waals surface area contributed by atoms with E-state index in [-0.39, 0.29) is 5.91 Å². The third kappa shape index (κ3) is 3.01. The average molecular weight is 316 g/mol. The number of nitrogens with one attached hydrogen (secondary N) is 1. The van der Waals surface area contributed by atoms with Crippen LogP contribution in [0.15, 0.2) is 51.8 Å². The van der Waals surface area contributed by atoms with E-state index < -0.39 is 0 Å². The average Bonchev–Trinajstić information content (AvgIpc) is 2.99. The van der Waals surface area contributed by atoms with Gasteiger partial charge in [-0.3, -0.25) is 10.2 Å². The summed E-state index contributed by atoms with van der Waals surface area (Å²) in [7, 11) is 0. The number of carbonyl (C=O) groups is 1. The van der Waals surface area contributed by atoms with E-state index in [1.54, 1.807) is 6.08 Å². The number of hydrogen-bond donors (Lipinski definition) is 1. The Kier molecular flexibility index (Phi) is 3.81. The van der Waals surface area contributed by atoms with Crippen LogP contribution in [0.25, 0.3) is 6.08 Å². The highest BCUT2D eigenvalue weighted by Crippen LogP contribution is 2.32. The second kappa shape index (κ2) is 5.75. The highest BCUT2D eigenvalue weighted by atomic mass is 32.2. The molecule has 0 radical (unpaired) electrons. The van der Waals surface area contributed by atoms with E-state index in [0.717, 1.165) is 11.4 Å². The molecule has 0 atom stereocenters. The Balaban J connectivity index is 1.81. The number of rotatable bonds is 3. The maximum Gasteiger partial charge on any atom is 0.285 e. The molecule has 1 fully saturated rings. The van der Waals surface area contributed by atoms with Gasteiger partial charge in [0.25, 0.3) is 5.91 Å². The maximum atomic E-state index is 12.4. The van der Waals surface area contributed by atoms with Crippen molar-refractivity contribution in [3.63, 3.8) is 0 Å². The van der Waals surface area contributed by atoms with Gasteiger partial charge in [-0.15, -0.1) is 0 Å². The van der Waals surface area contributed by atoms with E-state index in [1.165, 1.54) is 16.8 Å². The van der Waals surface area contributed by atoms with Gasteiger partial charge in [0.05, 0.1) is 10.6 Å². The predicted octanol–water partition coefficient (Wildman–Crippen LogP) is 3.82. The van der Waals surface area contributed by atoms with Crippen molar-refractivity contribution in [3.05, 3.63) is 58.9 Å². The largest absolute Gasteiger partial charge is 0.462 e. The van der Waals surface area contributed by atoms with Crippen LogP contribution in [-0.2, 0) is 4.79 Å². The number of furan rings is 1. The lowest BCUT2D eigenvalue weighted by molar-refractivity contribution is -0.121. The number of nitrogens with zero attached hydrogens (tertiary/aromatic N) is 1. The summed E-state index contributed by atoms with van der Waals surface area (Å²) < 4.78 is 5.93. The molecule has 0 spiro atoms. The molecule has 1 aromatic heterocycles. The van der Waals surface area contributed by atoms with E-state index >= 15 is 0 Å². The van der Waals surface area contributed by atoms with Gasteiger partial charge in [-0.2, -0.15) is 0 Å². The molecule has 6 heteroatoms. The van der Waals surface area contributed by atoms with Crippen molar-refractivity contribution in [2.45, 2.75) is 6.92 Å². The smallest absolute Gasteiger partial charge is 0.285 e. The van der Waals surface area contributed by atoms with Crippen molar-refractivity contribution >= 4 is 46.0 Å². The number of anilines is 1. The molecule has 0 bridgehead atoms. The van der Waals surface area contributed by atoms with Crippen LogP contribution in [0.2, 0.25) is 0 Å². The van der Waals surface area contributed by atoms with E-state index in [0.29, 0.717) is 15.0 Å². The molecule has 0 saturated carbocycles. The molecule has 1 saturated heterocycles. The normalized spacial score (nSPS) is 16.8. The summed E-state index contributed by atoms with van der Waals surface area (Å²) in [5.41, 5.74) is 3.82. The van der Waals surface area contributed by atoms with Gasteiger partial charge in [0.1, 0.15) is 11.5 Å². The Morgan fingerprint density at radius 3 is 2.67 bits per heavy atom. The number of hydrazine groups is 1. The zero-order valence-electron chi connectivity index (χ0n) is 11.2. The molecular weight excluding hydrogens is 304 g/mol. The standard InChI is InChI=1S/C15H12N2O2S2/c1-10-7-8-12(19-10)9-13-14(18)17(15(20)21-13)16-11-5-3-2-4-6-11/h2-9,16H,1H3/b13-9+. The molecule has 3 rings (SSSR count). The summed E-state index contributed by atoms with van der Waals surface area (Å²) >= 11 is 6.50. The molecule has 1 N–H and O–H groups in total. The summed E-state index contributed by atoms with van der Waals surface area (Å²) in [5.74, 6) is 1.27. The van der Waals surface area contributed by atoms with E-state index in [9.17, 15) is 4.79 Å². The van der Waals surface area contributed by atoms with Gasteiger partial charge < -0.3 is 4.42 Å². The number of hydrogen-bond acceptors (Lipinski definition) is 5. The fraction of sp³-hybridized carbons (Fsp3) is 0.0667. The Bertz CT molecular complexity index is 722. The Labute approximate surface area is 131 Å². The van der Waals surface area contributed by atoms with Crippen LogP contribution in [0.5, 0.6) is 0 Å². The number of amides is 1. The van der Waals surface area contributed by atoms with E-state index in [2.05, 4.69) is 5.43 Å². The molecular formula is C15H12N2O2S2. The molecule has 0 unspecified atom stereocenters. The Hall–Kier alpha value is -2.05. The zero-order chi connectivity index (χ0) is 14.8. The minimum absolute atomic E-state index is 0.178. The Morgan fingerprint density at radius 1 is 1.24 bits per heavy atom. The molecule has 4 nitrogen and oxygen atoms in total. The van der Waals surface area contributed by atoms with Gasteiger partial charge in [-0.25, -0.2) is 5.01 Å². The van der Waals surface area contributed by atoms with Crippen LogP contribution >= 0.6 is 24.0 Å². The van der Waals surface area contributed by atoms with Crippen molar-refractivity contribution in [1.82, 2.24) is 5.01 Å². The first-order valence-electron chi connectivity index (χ1n) is 6.29. The van der Waals surface area contributed by atoms with Gasteiger partial charge in [-0.1, -0.05) is 30.0 Å². The second-order valence-electron chi connectivity index (χ2n) is 4.44. The first kappa shape index (κ1) is 13.9. The summed E-state index contributed by atoms with van der Waals surface area (Å²) in [6.45, 7) is 1.86. The minimum Gasteiger partial charge on any atom is -0.462 e. The van der Waals surface area contributed by atoms with Crippen LogP contribution in [0.4, 0.5) is 5.69 Å². The first-order chi connectivity index (χ1) is 10.1. The van der Waals surface area contributed by atoms with Crippen molar-refractivity contribution in [2.24, 2.45) is 0 Å². The lowest BCUT2D eigenvalue weighted by atomic mass is 10.3. The SMILES string of the molecule is Cc1ccc(/C=C2/SC(=S)N(Nc3ccccc3)C2=O)o1. The van der Waals surface area contributed by atoms with E-state index in [4.69, 9.17) is 16.6 Å². The maximum absolute atomic E-state index is 12.4. The summed E-state index contributed by atoms with van der Waals surface area (Å²) in [6, 6.07) is 13.1. The van der Waals surface area contributed by atoms with Crippen LogP contribution in [0.1, 0.15) is 11.5 Å². The van der Waals surface area contributed by atoms with E-state index in [1.807, 2.05) is 49.4 Å². The number of benzene rings is 1. The van der Waals surface area contributed by atoms with Gasteiger partial charge in [0, 0.05) is 6.08 Å². The molecule has 2 heterocycles. The Morgan fingerprint density at radius 2 is 2.00 bits per heavy atom. The molecule has 1 amide bonds. The summed E-state index contributed by atoms with van der Waals surface area (Å²) in [4.78, 5) is 12.9. The third-order valence-electron chi connectivity index (χ3n) is 2.84. The molecule has 2 aromatic rings. The first-order valence-corrected chi connectivity index (χ1v) is 7.52. The van der Waals surface area contributed by atoms with Crippen LogP contribution in [-0.4, -0.2) is 15.2 Å². The molecule has 1 aromatic carbocycles. The summed E-state index contributed by atoms with van der Waals surface area (Å²) in [5, 5.41) is 1.37. The number of thioether (sulfide) groups is 1. The fourth-order valence-electron chi connectivity index (χ4n) is 1.87. The summed E-state index contributed by atoms with van der Waals surface area (Å²) in [6.07, 6.45) is 1.71. The van der Waals surface area contributed by atoms with Crippen LogP contribution in [0.3, 0.4) is 0 Å². The number of thiocarbonyl (C=S) groups is 1. The van der Waals surface area contributed by atoms with Gasteiger partial charge in [-0.05, 0) is 43.4 Å². The van der Waals surface area contributed by atoms with Crippen molar-refractivity contribution in [3.8, 4) is 0 Å². The molecule has 106 valence electrons. The second-order valence-corrected chi connectivity index (χ2v) is 6.12. The number of aryl methyl sites for hydroxylation is 1. The minimum atomic E-state index is -0.178. The lowest BCUT2D eigenvalue weighted by Crippen LogP contribution is -2.33. The van der Waals surface area contributed by atoms with Crippen molar-refractivity contribution < 1.29 is 9.21 Å². The molecule has 1 aliphatic heterocycles. The van der Waals surface area contributed by atoms with Crippen LogP contribution < -0.4 is 5.43 Å². The lowest BCUT2D eigenvalue weighted by Gasteiger charge is -2.16. The van der Waals surface area contributed by atoms with Gasteiger partial charge >= 0.3 is 0 Å². The predicted molar refractivity (Wildman–Crippen MR) is 88.5 cm³/mol. The molecule has 1 aliphatic rings. The highest BCUT2D eigenvalue weighted by Gasteiger charge is 2.32. The van der Waals surface area contributed by atoms with Gasteiger partial charge in [0.2, 0.25) is 0 Å². The quantitative estimate of drug-likeness (QED) is 0.689. The molecule has 21 heavy (non-hydrogen) atoms. The number of carbonyl (C=O) groups excluding carboxylic acids is 1. The van der Waals surface area contributed by atoms with Gasteiger partial charge in [0.15, 0.2) is 4.32 Å². The number of para-hydroxylation sites is 1. The highest BCUT2D eigenvalue weighted by molar-refractivity contribution is 8.26. The fourth-order valence-corrected chi connectivity index (χ4v) is 3.03. The monoisotopic (exact) mass is 316 g/mol. The zero-order valence-corrected chi connectivity index (χ0v) is 12.8. The molecule has 0 aliphatic carbocycles. The van der Waals surface area contributed by atoms with Crippen molar-refractivity contribution in [2.75, 3.05) is 5.43 Å². The van der Waals surface area contributed by atoms with Crippen LogP contribution in [0, 0.1) is 6.92 Å². The third-order valence-corrected chi connectivity index (χ3v) is 4.15. The van der Waals surface area contributed by atoms with Crippen molar-refractivity contribution in [1.29, 1.82) is 0 Å².